The molecule has 118 valence electrons. The lowest BCUT2D eigenvalue weighted by Crippen LogP contribution is -2.36. The molecule has 0 aromatic heterocycles. The number of halogens is 4. The summed E-state index contributed by atoms with van der Waals surface area (Å²) < 4.78 is 26.5. The minimum atomic E-state index is -3.76. The first-order chi connectivity index (χ1) is 10.2. The molecule has 8 heteroatoms. The summed E-state index contributed by atoms with van der Waals surface area (Å²) in [5.74, 6) is 0. The van der Waals surface area contributed by atoms with E-state index in [9.17, 15) is 8.42 Å². The van der Waals surface area contributed by atoms with Crippen LogP contribution in [-0.2, 0) is 10.0 Å². The standard InChI is InChI=1S/C14H11Br2Cl2NO2S/c15-14(16,18)13(10-4-2-1-3-5-10)19-22(20,21)12-8-6-11(17)7-9-12/h1-9,13,19H. The van der Waals surface area contributed by atoms with Gasteiger partial charge in [-0.15, -0.1) is 0 Å². The molecule has 0 heterocycles. The van der Waals surface area contributed by atoms with Gasteiger partial charge in [-0.2, -0.15) is 0 Å². The molecule has 0 radical (unpaired) electrons. The van der Waals surface area contributed by atoms with Crippen LogP contribution in [0.1, 0.15) is 11.6 Å². The van der Waals surface area contributed by atoms with Crippen molar-refractivity contribution in [3.63, 3.8) is 0 Å². The summed E-state index contributed by atoms with van der Waals surface area (Å²) in [6.45, 7) is 0. The molecule has 2 aromatic rings. The number of rotatable bonds is 5. The largest absolute Gasteiger partial charge is 0.241 e. The Morgan fingerprint density at radius 2 is 1.55 bits per heavy atom. The maximum Gasteiger partial charge on any atom is 0.241 e. The molecule has 0 amide bonds. The van der Waals surface area contributed by atoms with E-state index < -0.39 is 18.8 Å². The quantitative estimate of drug-likeness (QED) is 0.600. The fraction of sp³-hybridized carbons (Fsp3) is 0.143. The van der Waals surface area contributed by atoms with E-state index in [0.717, 1.165) is 0 Å². The predicted octanol–water partition coefficient (Wildman–Crippen LogP) is 5.04. The molecule has 0 fully saturated rings. The first-order valence-electron chi connectivity index (χ1n) is 6.10. The molecule has 1 unspecified atom stereocenters. The Morgan fingerprint density at radius 3 is 2.05 bits per heavy atom. The molecule has 3 nitrogen and oxygen atoms in total. The third-order valence-electron chi connectivity index (χ3n) is 2.86. The second kappa shape index (κ2) is 7.20. The van der Waals surface area contributed by atoms with Crippen LogP contribution in [-0.4, -0.2) is 11.1 Å². The monoisotopic (exact) mass is 485 g/mol. The van der Waals surface area contributed by atoms with Crippen molar-refractivity contribution in [3.05, 3.63) is 65.2 Å². The summed E-state index contributed by atoms with van der Waals surface area (Å²) in [5.41, 5.74) is 0.712. The number of hydrogen-bond donors (Lipinski definition) is 1. The molecular weight excluding hydrogens is 477 g/mol. The molecule has 22 heavy (non-hydrogen) atoms. The summed E-state index contributed by atoms with van der Waals surface area (Å²) in [7, 11) is -3.76. The normalized spacial score (nSPS) is 13.8. The molecule has 0 aliphatic rings. The fourth-order valence-electron chi connectivity index (χ4n) is 1.81. The van der Waals surface area contributed by atoms with Gasteiger partial charge in [0.2, 0.25) is 10.0 Å². The van der Waals surface area contributed by atoms with E-state index in [1.54, 1.807) is 12.1 Å². The topological polar surface area (TPSA) is 46.2 Å². The predicted molar refractivity (Wildman–Crippen MR) is 97.4 cm³/mol. The van der Waals surface area contributed by atoms with E-state index in [1.165, 1.54) is 24.3 Å². The minimum Gasteiger partial charge on any atom is -0.207 e. The molecule has 0 aliphatic carbocycles. The van der Waals surface area contributed by atoms with Crippen LogP contribution in [0.15, 0.2) is 59.5 Å². The highest BCUT2D eigenvalue weighted by atomic mass is 79.9. The fourth-order valence-corrected chi connectivity index (χ4v) is 4.49. The van der Waals surface area contributed by atoms with Gasteiger partial charge in [-0.05, 0) is 29.8 Å². The van der Waals surface area contributed by atoms with Gasteiger partial charge < -0.3 is 0 Å². The molecule has 0 aliphatic heterocycles. The maximum absolute atomic E-state index is 12.5. The minimum absolute atomic E-state index is 0.110. The lowest BCUT2D eigenvalue weighted by molar-refractivity contribution is 0.562. The van der Waals surface area contributed by atoms with Gasteiger partial charge in [-0.1, -0.05) is 85.4 Å². The third-order valence-corrected chi connectivity index (χ3v) is 5.68. The summed E-state index contributed by atoms with van der Waals surface area (Å²) in [6, 6.07) is 14.2. The number of hydrogen-bond acceptors (Lipinski definition) is 2. The average Bonchev–Trinajstić information content (AvgIpc) is 2.45. The molecule has 1 N–H and O–H groups in total. The highest BCUT2D eigenvalue weighted by Crippen LogP contribution is 2.43. The third kappa shape index (κ3) is 4.69. The Labute approximate surface area is 156 Å². The van der Waals surface area contributed by atoms with Gasteiger partial charge in [0.15, 0.2) is 2.69 Å². The van der Waals surface area contributed by atoms with Crippen molar-refractivity contribution in [1.82, 2.24) is 4.72 Å². The van der Waals surface area contributed by atoms with Crippen molar-refractivity contribution in [1.29, 1.82) is 0 Å². The van der Waals surface area contributed by atoms with Crippen molar-refractivity contribution in [2.45, 2.75) is 13.6 Å². The van der Waals surface area contributed by atoms with Crippen molar-refractivity contribution in [2.75, 3.05) is 0 Å². The van der Waals surface area contributed by atoms with E-state index in [2.05, 4.69) is 36.6 Å². The van der Waals surface area contributed by atoms with Crippen molar-refractivity contribution in [3.8, 4) is 0 Å². The Balaban J connectivity index is 2.37. The van der Waals surface area contributed by atoms with Gasteiger partial charge in [0, 0.05) is 5.02 Å². The number of nitrogens with one attached hydrogen (secondary N) is 1. The van der Waals surface area contributed by atoms with Gasteiger partial charge in [0.1, 0.15) is 0 Å². The van der Waals surface area contributed by atoms with Crippen LogP contribution in [0, 0.1) is 0 Å². The lowest BCUT2D eigenvalue weighted by atomic mass is 10.1. The Bertz CT molecular complexity index is 732. The van der Waals surface area contributed by atoms with Gasteiger partial charge >= 0.3 is 0 Å². The van der Waals surface area contributed by atoms with Crippen LogP contribution in [0.3, 0.4) is 0 Å². The zero-order valence-corrected chi connectivity index (χ0v) is 16.5. The van der Waals surface area contributed by atoms with Crippen LogP contribution in [0.4, 0.5) is 0 Å². The maximum atomic E-state index is 12.5. The van der Waals surface area contributed by atoms with Crippen LogP contribution in [0.5, 0.6) is 0 Å². The van der Waals surface area contributed by atoms with Gasteiger partial charge in [-0.25, -0.2) is 13.1 Å². The summed E-state index contributed by atoms with van der Waals surface area (Å²) in [4.78, 5) is 0.110. The second-order valence-electron chi connectivity index (χ2n) is 4.46. The number of alkyl halides is 3. The number of benzene rings is 2. The van der Waals surface area contributed by atoms with Gasteiger partial charge in [0.05, 0.1) is 10.9 Å². The zero-order chi connectivity index (χ0) is 16.4. The van der Waals surface area contributed by atoms with E-state index in [4.69, 9.17) is 23.2 Å². The molecule has 0 saturated carbocycles. The summed E-state index contributed by atoms with van der Waals surface area (Å²) >= 11 is 18.5. The molecular formula is C14H11Br2Cl2NO2S. The molecule has 0 saturated heterocycles. The molecule has 0 spiro atoms. The van der Waals surface area contributed by atoms with Crippen LogP contribution < -0.4 is 4.72 Å². The van der Waals surface area contributed by atoms with E-state index >= 15 is 0 Å². The first-order valence-corrected chi connectivity index (χ1v) is 9.92. The second-order valence-corrected chi connectivity index (χ2v) is 11.7. The summed E-state index contributed by atoms with van der Waals surface area (Å²) in [6.07, 6.45) is 0. The van der Waals surface area contributed by atoms with Gasteiger partial charge in [0.25, 0.3) is 0 Å². The highest BCUT2D eigenvalue weighted by molar-refractivity contribution is 9.26. The van der Waals surface area contributed by atoms with E-state index in [-0.39, 0.29) is 4.90 Å². The summed E-state index contributed by atoms with van der Waals surface area (Å²) in [5, 5.41) is 0.464. The van der Waals surface area contributed by atoms with E-state index in [1.807, 2.05) is 18.2 Å². The average molecular weight is 488 g/mol. The van der Waals surface area contributed by atoms with E-state index in [0.29, 0.717) is 10.6 Å². The molecule has 0 bridgehead atoms. The molecule has 2 rings (SSSR count). The smallest absolute Gasteiger partial charge is 0.207 e. The van der Waals surface area contributed by atoms with Crippen LogP contribution in [0.2, 0.25) is 5.02 Å². The first kappa shape index (κ1) is 18.2. The van der Waals surface area contributed by atoms with Crippen molar-refractivity contribution in [2.24, 2.45) is 0 Å². The Kier molecular flexibility index (Phi) is 5.96. The van der Waals surface area contributed by atoms with Crippen molar-refractivity contribution >= 4 is 65.1 Å². The SMILES string of the molecule is O=S(=O)(NC(c1ccccc1)C(Cl)(Br)Br)c1ccc(Cl)cc1. The lowest BCUT2D eigenvalue weighted by Gasteiger charge is -2.26. The van der Waals surface area contributed by atoms with Crippen molar-refractivity contribution < 1.29 is 8.42 Å². The highest BCUT2D eigenvalue weighted by Gasteiger charge is 2.36. The molecule has 1 atom stereocenters. The van der Waals surface area contributed by atoms with Gasteiger partial charge in [-0.3, -0.25) is 0 Å². The Morgan fingerprint density at radius 1 is 1.00 bits per heavy atom. The van der Waals surface area contributed by atoms with Crippen LogP contribution in [0.25, 0.3) is 0 Å². The van der Waals surface area contributed by atoms with Crippen LogP contribution >= 0.6 is 55.1 Å². The number of sulfonamides is 1. The Hall–Kier alpha value is -0.110. The molecule has 2 aromatic carbocycles. The zero-order valence-electron chi connectivity index (χ0n) is 11.0.